The van der Waals surface area contributed by atoms with E-state index in [0.717, 1.165) is 48.1 Å². The third-order valence-electron chi connectivity index (χ3n) is 4.65. The molecule has 0 amide bonds. The molecule has 0 unspecified atom stereocenters. The monoisotopic (exact) mass is 358 g/mol. The van der Waals surface area contributed by atoms with Gasteiger partial charge in [-0.1, -0.05) is 0 Å². The van der Waals surface area contributed by atoms with Crippen LogP contribution in [0.5, 0.6) is 0 Å². The summed E-state index contributed by atoms with van der Waals surface area (Å²) in [5.74, 6) is 4.10. The van der Waals surface area contributed by atoms with Crippen LogP contribution in [0.15, 0.2) is 23.1 Å². The molecule has 0 N–H and O–H groups in total. The molecule has 1 fully saturated rings. The Hall–Kier alpha value is -2.09. The smallest absolute Gasteiger partial charge is 0.267 e. The van der Waals surface area contributed by atoms with Gasteiger partial charge in [0.25, 0.3) is 5.56 Å². The van der Waals surface area contributed by atoms with Crippen molar-refractivity contribution < 1.29 is 0 Å². The lowest BCUT2D eigenvalue weighted by molar-refractivity contribution is 0.331. The predicted molar refractivity (Wildman–Crippen MR) is 100 cm³/mol. The number of thioether (sulfide) groups is 1. The van der Waals surface area contributed by atoms with Gasteiger partial charge in [0.2, 0.25) is 5.95 Å². The first-order chi connectivity index (χ1) is 12.1. The van der Waals surface area contributed by atoms with Gasteiger partial charge in [-0.05, 0) is 17.4 Å². The van der Waals surface area contributed by atoms with Crippen LogP contribution in [0.1, 0.15) is 11.3 Å². The Morgan fingerprint density at radius 3 is 3.00 bits per heavy atom. The van der Waals surface area contributed by atoms with E-state index in [2.05, 4.69) is 20.0 Å². The molecule has 25 heavy (non-hydrogen) atoms. The highest BCUT2D eigenvalue weighted by Crippen LogP contribution is 2.25. The van der Waals surface area contributed by atoms with Crippen LogP contribution in [0.4, 0.5) is 11.8 Å². The second kappa shape index (κ2) is 6.67. The number of hydrogen-bond acceptors (Lipinski definition) is 7. The van der Waals surface area contributed by atoms with E-state index in [1.807, 2.05) is 36.8 Å². The van der Waals surface area contributed by atoms with Crippen LogP contribution in [0.25, 0.3) is 0 Å². The molecule has 0 bridgehead atoms. The molecule has 1 saturated heterocycles. The second-order valence-electron chi connectivity index (χ2n) is 6.82. The zero-order valence-electron chi connectivity index (χ0n) is 14.6. The van der Waals surface area contributed by atoms with Gasteiger partial charge in [-0.2, -0.15) is 21.8 Å². The molecule has 8 heteroatoms. The number of nitrogens with zero attached hydrogens (tertiary/aromatic N) is 6. The minimum absolute atomic E-state index is 0.0247. The Bertz CT molecular complexity index is 830. The number of hydrogen-bond donors (Lipinski definition) is 0. The molecule has 0 atom stereocenters. The van der Waals surface area contributed by atoms with Crippen molar-refractivity contribution in [3.8, 4) is 0 Å². The standard InChI is InChI=1S/C17H22N6OS/c1-21(2)17-18-5-3-15(19-17)22-8-12(9-22)10-23-16(24)7-13-11-25-6-4-14(13)20-23/h3,5,7,12H,4,6,8-11H2,1-2H3. The largest absolute Gasteiger partial charge is 0.356 e. The highest BCUT2D eigenvalue weighted by atomic mass is 32.2. The van der Waals surface area contributed by atoms with Crippen LogP contribution in [0.3, 0.4) is 0 Å². The molecule has 0 spiro atoms. The Morgan fingerprint density at radius 1 is 1.36 bits per heavy atom. The molecule has 0 aromatic carbocycles. The van der Waals surface area contributed by atoms with Gasteiger partial charge in [0.05, 0.1) is 12.2 Å². The van der Waals surface area contributed by atoms with Gasteiger partial charge < -0.3 is 9.80 Å². The fourth-order valence-electron chi connectivity index (χ4n) is 3.23. The highest BCUT2D eigenvalue weighted by molar-refractivity contribution is 7.98. The van der Waals surface area contributed by atoms with Crippen molar-refractivity contribution in [1.82, 2.24) is 19.7 Å². The molecule has 0 saturated carbocycles. The number of aromatic nitrogens is 4. The zero-order valence-corrected chi connectivity index (χ0v) is 15.4. The van der Waals surface area contributed by atoms with Crippen LogP contribution >= 0.6 is 11.8 Å². The SMILES string of the molecule is CN(C)c1nccc(N2CC(Cn3nc4c(cc3=O)CSCC4)C2)n1. The fraction of sp³-hybridized carbons (Fsp3) is 0.529. The number of rotatable bonds is 4. The number of aryl methyl sites for hydroxylation is 1. The van der Waals surface area contributed by atoms with Gasteiger partial charge in [0.1, 0.15) is 5.82 Å². The highest BCUT2D eigenvalue weighted by Gasteiger charge is 2.29. The fourth-order valence-corrected chi connectivity index (χ4v) is 4.18. The molecule has 2 aliphatic heterocycles. The van der Waals surface area contributed by atoms with Gasteiger partial charge in [-0.25, -0.2) is 9.67 Å². The Kier molecular flexibility index (Phi) is 4.37. The summed E-state index contributed by atoms with van der Waals surface area (Å²) in [5, 5.41) is 4.61. The molecule has 7 nitrogen and oxygen atoms in total. The van der Waals surface area contributed by atoms with E-state index < -0.39 is 0 Å². The van der Waals surface area contributed by atoms with E-state index in [1.54, 1.807) is 16.9 Å². The molecule has 4 heterocycles. The summed E-state index contributed by atoms with van der Waals surface area (Å²) in [6.45, 7) is 2.47. The average molecular weight is 358 g/mol. The molecule has 0 radical (unpaired) electrons. The van der Waals surface area contributed by atoms with E-state index in [4.69, 9.17) is 0 Å². The zero-order chi connectivity index (χ0) is 17.4. The van der Waals surface area contributed by atoms with E-state index in [-0.39, 0.29) is 5.56 Å². The average Bonchev–Trinajstić information content (AvgIpc) is 2.58. The van der Waals surface area contributed by atoms with Crippen LogP contribution in [-0.2, 0) is 18.7 Å². The minimum atomic E-state index is 0.0247. The molecule has 2 aliphatic rings. The molecule has 2 aromatic rings. The van der Waals surface area contributed by atoms with Gasteiger partial charge in [-0.15, -0.1) is 0 Å². The summed E-state index contributed by atoms with van der Waals surface area (Å²) in [7, 11) is 3.87. The van der Waals surface area contributed by atoms with E-state index in [9.17, 15) is 4.79 Å². The maximum absolute atomic E-state index is 12.3. The van der Waals surface area contributed by atoms with Crippen molar-refractivity contribution in [3.05, 3.63) is 39.9 Å². The van der Waals surface area contributed by atoms with Gasteiger partial charge in [0, 0.05) is 57.5 Å². The number of anilines is 2. The van der Waals surface area contributed by atoms with Crippen molar-refractivity contribution in [2.75, 3.05) is 42.7 Å². The first-order valence-electron chi connectivity index (χ1n) is 8.53. The van der Waals surface area contributed by atoms with Crippen LogP contribution in [0.2, 0.25) is 0 Å². The topological polar surface area (TPSA) is 67.2 Å². The van der Waals surface area contributed by atoms with Crippen molar-refractivity contribution in [2.24, 2.45) is 5.92 Å². The van der Waals surface area contributed by atoms with Crippen molar-refractivity contribution in [1.29, 1.82) is 0 Å². The minimum Gasteiger partial charge on any atom is -0.356 e. The maximum atomic E-state index is 12.3. The lowest BCUT2D eigenvalue weighted by Crippen LogP contribution is -2.50. The summed E-state index contributed by atoms with van der Waals surface area (Å²) >= 11 is 1.87. The third-order valence-corrected chi connectivity index (χ3v) is 5.65. The van der Waals surface area contributed by atoms with Gasteiger partial charge >= 0.3 is 0 Å². The normalized spacial score (nSPS) is 17.1. The summed E-state index contributed by atoms with van der Waals surface area (Å²) in [5.41, 5.74) is 2.24. The van der Waals surface area contributed by atoms with Crippen LogP contribution in [-0.4, -0.2) is 52.7 Å². The Labute approximate surface area is 151 Å². The molecule has 4 rings (SSSR count). The summed E-state index contributed by atoms with van der Waals surface area (Å²) in [6.07, 6.45) is 2.75. The second-order valence-corrected chi connectivity index (χ2v) is 7.92. The first-order valence-corrected chi connectivity index (χ1v) is 9.68. The summed E-state index contributed by atoms with van der Waals surface area (Å²) in [4.78, 5) is 25.2. The summed E-state index contributed by atoms with van der Waals surface area (Å²) < 4.78 is 1.65. The summed E-state index contributed by atoms with van der Waals surface area (Å²) in [6, 6.07) is 3.71. The molecule has 0 aliphatic carbocycles. The van der Waals surface area contributed by atoms with E-state index in [0.29, 0.717) is 18.4 Å². The Balaban J connectivity index is 1.42. The lowest BCUT2D eigenvalue weighted by Gasteiger charge is -2.40. The van der Waals surface area contributed by atoms with Crippen molar-refractivity contribution >= 4 is 23.5 Å². The lowest BCUT2D eigenvalue weighted by atomic mass is 10.0. The number of fused-ring (bicyclic) bond motifs is 1. The van der Waals surface area contributed by atoms with Gasteiger partial charge in [-0.3, -0.25) is 4.79 Å². The predicted octanol–water partition coefficient (Wildman–Crippen LogP) is 1.03. The van der Waals surface area contributed by atoms with Crippen molar-refractivity contribution in [3.63, 3.8) is 0 Å². The van der Waals surface area contributed by atoms with Crippen LogP contribution in [0, 0.1) is 5.92 Å². The third kappa shape index (κ3) is 3.35. The first kappa shape index (κ1) is 16.4. The molecular weight excluding hydrogens is 336 g/mol. The molecule has 132 valence electrons. The molecule has 2 aromatic heterocycles. The maximum Gasteiger partial charge on any atom is 0.267 e. The van der Waals surface area contributed by atoms with E-state index in [1.165, 1.54) is 0 Å². The van der Waals surface area contributed by atoms with Crippen LogP contribution < -0.4 is 15.4 Å². The van der Waals surface area contributed by atoms with Crippen molar-refractivity contribution in [2.45, 2.75) is 18.7 Å². The quantitative estimate of drug-likeness (QED) is 0.808. The Morgan fingerprint density at radius 2 is 2.20 bits per heavy atom. The molecular formula is C17H22N6OS. The van der Waals surface area contributed by atoms with E-state index >= 15 is 0 Å². The van der Waals surface area contributed by atoms with Gasteiger partial charge in [0.15, 0.2) is 0 Å².